The summed E-state index contributed by atoms with van der Waals surface area (Å²) in [5, 5.41) is 7.87. The fourth-order valence-electron chi connectivity index (χ4n) is 2.51. The molecule has 1 aromatic carbocycles. The van der Waals surface area contributed by atoms with Crippen LogP contribution in [0.15, 0.2) is 46.8 Å². The second-order valence-electron chi connectivity index (χ2n) is 6.27. The summed E-state index contributed by atoms with van der Waals surface area (Å²) in [6.07, 6.45) is 0.980. The Bertz CT molecular complexity index is 787. The summed E-state index contributed by atoms with van der Waals surface area (Å²) in [5.41, 5.74) is 6.51. The van der Waals surface area contributed by atoms with Crippen LogP contribution in [-0.4, -0.2) is 49.4 Å². The van der Waals surface area contributed by atoms with Crippen molar-refractivity contribution >= 4 is 29.1 Å². The lowest BCUT2D eigenvalue weighted by Crippen LogP contribution is -2.39. The monoisotopic (exact) mass is 401 g/mol. The van der Waals surface area contributed by atoms with Crippen molar-refractivity contribution in [2.45, 2.75) is 19.9 Å². The van der Waals surface area contributed by atoms with Crippen molar-refractivity contribution in [1.29, 1.82) is 0 Å². The molecule has 0 aliphatic heterocycles. The lowest BCUT2D eigenvalue weighted by Gasteiger charge is -2.21. The molecular formula is C20H27N5O2S. The van der Waals surface area contributed by atoms with Crippen LogP contribution in [0.5, 0.6) is 0 Å². The molecule has 7 nitrogen and oxygen atoms in total. The molecule has 0 saturated heterocycles. The van der Waals surface area contributed by atoms with E-state index in [1.807, 2.05) is 26.1 Å². The molecule has 2 rings (SSSR count). The first-order valence-electron chi connectivity index (χ1n) is 9.17. The van der Waals surface area contributed by atoms with Crippen LogP contribution in [-0.2, 0) is 17.8 Å². The maximum atomic E-state index is 11.9. The van der Waals surface area contributed by atoms with Gasteiger partial charge in [0.15, 0.2) is 5.96 Å². The summed E-state index contributed by atoms with van der Waals surface area (Å²) in [6.45, 7) is 4.05. The first-order chi connectivity index (χ1) is 13.5. The van der Waals surface area contributed by atoms with Crippen molar-refractivity contribution in [2.24, 2.45) is 10.7 Å². The van der Waals surface area contributed by atoms with E-state index in [1.54, 1.807) is 23.5 Å². The third-order valence-corrected chi connectivity index (χ3v) is 4.96. The van der Waals surface area contributed by atoms with Gasteiger partial charge in [0.2, 0.25) is 5.91 Å². The van der Waals surface area contributed by atoms with Crippen LogP contribution in [0.4, 0.5) is 0 Å². The minimum atomic E-state index is -0.571. The zero-order valence-electron chi connectivity index (χ0n) is 16.3. The van der Waals surface area contributed by atoms with E-state index >= 15 is 0 Å². The number of nitrogens with zero attached hydrogens (tertiary/aromatic N) is 2. The van der Waals surface area contributed by atoms with Crippen LogP contribution >= 0.6 is 11.3 Å². The molecule has 0 unspecified atom stereocenters. The number of thiophene rings is 1. The number of benzene rings is 1. The zero-order valence-corrected chi connectivity index (χ0v) is 17.1. The molecule has 0 saturated carbocycles. The Labute approximate surface area is 169 Å². The minimum Gasteiger partial charge on any atom is -0.368 e. The lowest BCUT2D eigenvalue weighted by atomic mass is 10.1. The molecule has 0 bridgehead atoms. The van der Waals surface area contributed by atoms with E-state index in [9.17, 15) is 9.59 Å². The Hall–Kier alpha value is -2.87. The first kappa shape index (κ1) is 21.4. The highest BCUT2D eigenvalue weighted by Gasteiger charge is 2.08. The predicted octanol–water partition coefficient (Wildman–Crippen LogP) is 1.60. The van der Waals surface area contributed by atoms with E-state index in [4.69, 9.17) is 10.7 Å². The van der Waals surface area contributed by atoms with Crippen LogP contribution in [0.25, 0.3) is 0 Å². The number of amides is 2. The van der Waals surface area contributed by atoms with Crippen molar-refractivity contribution < 1.29 is 9.59 Å². The van der Waals surface area contributed by atoms with Gasteiger partial charge < -0.3 is 21.3 Å². The van der Waals surface area contributed by atoms with Crippen molar-refractivity contribution in [2.75, 3.05) is 26.7 Å². The maximum absolute atomic E-state index is 11.9. The van der Waals surface area contributed by atoms with Gasteiger partial charge in [-0.2, -0.15) is 0 Å². The molecule has 150 valence electrons. The molecule has 1 heterocycles. The van der Waals surface area contributed by atoms with Crippen molar-refractivity contribution in [1.82, 2.24) is 15.5 Å². The molecule has 0 atom stereocenters. The number of rotatable bonds is 9. The normalized spacial score (nSPS) is 11.1. The molecule has 1 aromatic heterocycles. The van der Waals surface area contributed by atoms with Crippen LogP contribution in [0, 0.1) is 0 Å². The van der Waals surface area contributed by atoms with E-state index in [2.05, 4.69) is 33.0 Å². The number of nitrogens with one attached hydrogen (secondary N) is 2. The molecule has 2 aromatic rings. The van der Waals surface area contributed by atoms with Gasteiger partial charge in [0.05, 0.1) is 13.1 Å². The number of likely N-dealkylation sites (N-methyl/N-ethyl adjacent to an activating group) is 1. The molecule has 0 aliphatic rings. The third kappa shape index (κ3) is 7.03. The summed E-state index contributed by atoms with van der Waals surface area (Å²) in [5.74, 6) is -0.0451. The maximum Gasteiger partial charge on any atom is 0.251 e. The number of carbonyl (C=O) groups is 2. The minimum absolute atomic E-state index is 0.172. The van der Waals surface area contributed by atoms with Gasteiger partial charge in [0, 0.05) is 30.6 Å². The lowest BCUT2D eigenvalue weighted by molar-refractivity contribution is -0.117. The highest BCUT2D eigenvalue weighted by atomic mass is 32.1. The van der Waals surface area contributed by atoms with Gasteiger partial charge in [0.1, 0.15) is 0 Å². The summed E-state index contributed by atoms with van der Waals surface area (Å²) >= 11 is 1.76. The van der Waals surface area contributed by atoms with E-state index < -0.39 is 5.91 Å². The van der Waals surface area contributed by atoms with Crippen LogP contribution in [0.1, 0.15) is 27.7 Å². The van der Waals surface area contributed by atoms with Crippen LogP contribution < -0.4 is 16.4 Å². The Balaban J connectivity index is 1.93. The Morgan fingerprint density at radius 3 is 2.54 bits per heavy atom. The predicted molar refractivity (Wildman–Crippen MR) is 113 cm³/mol. The zero-order chi connectivity index (χ0) is 20.4. The van der Waals surface area contributed by atoms with E-state index in [0.717, 1.165) is 31.0 Å². The van der Waals surface area contributed by atoms with E-state index in [-0.39, 0.29) is 12.5 Å². The molecule has 8 heteroatoms. The molecule has 2 amide bonds. The smallest absolute Gasteiger partial charge is 0.251 e. The number of aliphatic imine (C=N–C) groups is 1. The SMILES string of the molecule is CCNC(=NCc1ccc(C(=O)NCC(N)=O)cc1)N(C)CCc1cccs1. The number of carbonyl (C=O) groups excluding carboxylic acids is 2. The van der Waals surface area contributed by atoms with Gasteiger partial charge in [-0.05, 0) is 42.5 Å². The summed E-state index contributed by atoms with van der Waals surface area (Å²) in [7, 11) is 2.03. The summed E-state index contributed by atoms with van der Waals surface area (Å²) < 4.78 is 0. The molecular weight excluding hydrogens is 374 g/mol. The Morgan fingerprint density at radius 2 is 1.93 bits per heavy atom. The van der Waals surface area contributed by atoms with Crippen molar-refractivity contribution in [3.8, 4) is 0 Å². The van der Waals surface area contributed by atoms with Crippen LogP contribution in [0.3, 0.4) is 0 Å². The molecule has 4 N–H and O–H groups in total. The van der Waals surface area contributed by atoms with Gasteiger partial charge in [-0.3, -0.25) is 9.59 Å². The second kappa shape index (κ2) is 11.1. The third-order valence-electron chi connectivity index (χ3n) is 4.02. The number of guanidine groups is 1. The molecule has 0 fully saturated rings. The van der Waals surface area contributed by atoms with Gasteiger partial charge >= 0.3 is 0 Å². The highest BCUT2D eigenvalue weighted by molar-refractivity contribution is 7.09. The fraction of sp³-hybridized carbons (Fsp3) is 0.350. The molecule has 28 heavy (non-hydrogen) atoms. The molecule has 0 aliphatic carbocycles. The highest BCUT2D eigenvalue weighted by Crippen LogP contribution is 2.10. The van der Waals surface area contributed by atoms with E-state index in [1.165, 1.54) is 4.88 Å². The topological polar surface area (TPSA) is 99.8 Å². The van der Waals surface area contributed by atoms with Crippen LogP contribution in [0.2, 0.25) is 0 Å². The Kier molecular flexibility index (Phi) is 8.48. The second-order valence-corrected chi connectivity index (χ2v) is 7.30. The average Bonchev–Trinajstić information content (AvgIpc) is 3.21. The number of primary amides is 1. The number of nitrogens with two attached hydrogens (primary N) is 1. The van der Waals surface area contributed by atoms with E-state index in [0.29, 0.717) is 12.1 Å². The van der Waals surface area contributed by atoms with Gasteiger partial charge in [-0.1, -0.05) is 18.2 Å². The van der Waals surface area contributed by atoms with Crippen molar-refractivity contribution in [3.05, 3.63) is 57.8 Å². The van der Waals surface area contributed by atoms with Gasteiger partial charge in [0.25, 0.3) is 5.91 Å². The Morgan fingerprint density at radius 1 is 1.18 bits per heavy atom. The number of hydrogen-bond donors (Lipinski definition) is 3. The molecule has 0 radical (unpaired) electrons. The van der Waals surface area contributed by atoms with Gasteiger partial charge in [-0.15, -0.1) is 11.3 Å². The first-order valence-corrected chi connectivity index (χ1v) is 10.0. The quantitative estimate of drug-likeness (QED) is 0.439. The summed E-state index contributed by atoms with van der Waals surface area (Å²) in [4.78, 5) is 30.8. The largest absolute Gasteiger partial charge is 0.368 e. The van der Waals surface area contributed by atoms with Crippen molar-refractivity contribution in [3.63, 3.8) is 0 Å². The molecule has 0 spiro atoms. The average molecular weight is 402 g/mol. The standard InChI is InChI=1S/C20H27N5O2S/c1-3-22-20(25(2)11-10-17-5-4-12-28-17)24-13-15-6-8-16(9-7-15)19(27)23-14-18(21)26/h4-9,12H,3,10-11,13-14H2,1-2H3,(H2,21,26)(H,22,24)(H,23,27). The fourth-order valence-corrected chi connectivity index (χ4v) is 3.20. The summed E-state index contributed by atoms with van der Waals surface area (Å²) in [6, 6.07) is 11.4. The van der Waals surface area contributed by atoms with Gasteiger partial charge in [-0.25, -0.2) is 4.99 Å². The number of hydrogen-bond acceptors (Lipinski definition) is 4.